The Morgan fingerprint density at radius 2 is 1.67 bits per heavy atom. The fourth-order valence-corrected chi connectivity index (χ4v) is 4.21. The van der Waals surface area contributed by atoms with Gasteiger partial charge in [0.2, 0.25) is 0 Å². The van der Waals surface area contributed by atoms with E-state index in [2.05, 4.69) is 0 Å². The van der Waals surface area contributed by atoms with E-state index in [9.17, 15) is 14.7 Å². The van der Waals surface area contributed by atoms with Gasteiger partial charge in [-0.1, -0.05) is 54.6 Å². The molecule has 1 fully saturated rings. The Bertz CT molecular complexity index is 1040. The van der Waals surface area contributed by atoms with Crippen LogP contribution in [0.3, 0.4) is 0 Å². The number of aliphatic hydroxyl groups is 1. The molecule has 0 aliphatic carbocycles. The molecule has 1 saturated heterocycles. The third-order valence-electron chi connectivity index (χ3n) is 4.68. The molecule has 1 aliphatic heterocycles. The molecule has 5 heteroatoms. The van der Waals surface area contributed by atoms with E-state index in [1.807, 2.05) is 54.8 Å². The van der Waals surface area contributed by atoms with E-state index in [0.717, 1.165) is 10.4 Å². The third-order valence-corrected chi connectivity index (χ3v) is 5.60. The number of amides is 1. The summed E-state index contributed by atoms with van der Waals surface area (Å²) >= 11 is 1.45. The second-order valence-electron chi connectivity index (χ2n) is 6.34. The number of anilines is 1. The zero-order valence-electron chi connectivity index (χ0n) is 14.6. The molecule has 0 bridgehead atoms. The van der Waals surface area contributed by atoms with E-state index in [4.69, 9.17) is 0 Å². The van der Waals surface area contributed by atoms with Gasteiger partial charge in [-0.05, 0) is 30.0 Å². The highest BCUT2D eigenvalue weighted by molar-refractivity contribution is 7.10. The van der Waals surface area contributed by atoms with E-state index in [0.29, 0.717) is 11.3 Å². The van der Waals surface area contributed by atoms with Crippen LogP contribution in [0, 0.1) is 6.92 Å². The predicted molar refractivity (Wildman–Crippen MR) is 107 cm³/mol. The van der Waals surface area contributed by atoms with Crippen molar-refractivity contribution in [1.82, 2.24) is 0 Å². The summed E-state index contributed by atoms with van der Waals surface area (Å²) in [6.07, 6.45) is 0. The number of benzene rings is 2. The first kappa shape index (κ1) is 17.2. The predicted octanol–water partition coefficient (Wildman–Crippen LogP) is 4.68. The third kappa shape index (κ3) is 2.86. The van der Waals surface area contributed by atoms with Crippen LogP contribution in [0.4, 0.5) is 5.69 Å². The molecule has 2 heterocycles. The van der Waals surface area contributed by atoms with E-state index >= 15 is 0 Å². The van der Waals surface area contributed by atoms with Crippen molar-refractivity contribution >= 4 is 34.5 Å². The Hall–Kier alpha value is -3.18. The molecule has 4 nitrogen and oxygen atoms in total. The van der Waals surface area contributed by atoms with Gasteiger partial charge < -0.3 is 5.11 Å². The monoisotopic (exact) mass is 375 g/mol. The molecule has 1 atom stereocenters. The quantitative estimate of drug-likeness (QED) is 0.411. The second-order valence-corrected chi connectivity index (χ2v) is 7.32. The van der Waals surface area contributed by atoms with Gasteiger partial charge in [-0.2, -0.15) is 0 Å². The molecular formula is C22H17NO3S. The van der Waals surface area contributed by atoms with Crippen LogP contribution in [0.25, 0.3) is 5.76 Å². The summed E-state index contributed by atoms with van der Waals surface area (Å²) in [6, 6.07) is 19.4. The number of carbonyl (C=O) groups is 2. The number of ketones is 1. The molecule has 0 spiro atoms. The average Bonchev–Trinajstić information content (AvgIpc) is 3.30. The largest absolute Gasteiger partial charge is 0.507 e. The number of thiophene rings is 1. The van der Waals surface area contributed by atoms with Crippen molar-refractivity contribution in [2.75, 3.05) is 4.90 Å². The molecule has 3 aromatic rings. The number of hydrogen-bond donors (Lipinski definition) is 1. The van der Waals surface area contributed by atoms with Crippen molar-refractivity contribution in [3.05, 3.63) is 93.7 Å². The fraction of sp³-hybridized carbons (Fsp3) is 0.0909. The maximum atomic E-state index is 12.9. The SMILES string of the molecule is Cc1ccccc1N1C(=O)C(=O)/C(=C(\O)c2ccccc2)C1c1cccs1. The Morgan fingerprint density at radius 3 is 2.33 bits per heavy atom. The van der Waals surface area contributed by atoms with E-state index in [1.165, 1.54) is 16.2 Å². The van der Waals surface area contributed by atoms with Crippen LogP contribution in [-0.4, -0.2) is 16.8 Å². The fourth-order valence-electron chi connectivity index (χ4n) is 3.38. The minimum absolute atomic E-state index is 0.122. The molecular weight excluding hydrogens is 358 g/mol. The van der Waals surface area contributed by atoms with Gasteiger partial charge in [0.05, 0.1) is 5.57 Å². The first-order valence-electron chi connectivity index (χ1n) is 8.55. The lowest BCUT2D eigenvalue weighted by Crippen LogP contribution is -2.29. The van der Waals surface area contributed by atoms with Gasteiger partial charge >= 0.3 is 0 Å². The molecule has 0 radical (unpaired) electrons. The Kier molecular flexibility index (Phi) is 4.38. The number of nitrogens with zero attached hydrogens (tertiary/aromatic N) is 1. The molecule has 1 amide bonds. The lowest BCUT2D eigenvalue weighted by molar-refractivity contribution is -0.132. The molecule has 4 rings (SSSR count). The lowest BCUT2D eigenvalue weighted by atomic mass is 9.99. The van der Waals surface area contributed by atoms with Gasteiger partial charge in [0, 0.05) is 16.1 Å². The lowest BCUT2D eigenvalue weighted by Gasteiger charge is -2.25. The molecule has 1 aromatic heterocycles. The van der Waals surface area contributed by atoms with Crippen LogP contribution in [0.15, 0.2) is 77.7 Å². The zero-order chi connectivity index (χ0) is 19.0. The molecule has 134 valence electrons. The standard InChI is InChI=1S/C22H17NO3S/c1-14-8-5-6-11-16(14)23-19(17-12-7-13-27-17)18(21(25)22(23)26)20(24)15-9-3-2-4-10-15/h2-13,19,24H,1H3/b20-18-. The number of Topliss-reactive ketones (excluding diaryl/α,β-unsaturated/α-hetero) is 1. The summed E-state index contributed by atoms with van der Waals surface area (Å²) in [4.78, 5) is 28.2. The maximum Gasteiger partial charge on any atom is 0.300 e. The topological polar surface area (TPSA) is 57.6 Å². The van der Waals surface area contributed by atoms with E-state index in [-0.39, 0.29) is 11.3 Å². The van der Waals surface area contributed by atoms with Crippen molar-refractivity contribution in [3.8, 4) is 0 Å². The summed E-state index contributed by atoms with van der Waals surface area (Å²) in [5.74, 6) is -1.44. The number of hydrogen-bond acceptors (Lipinski definition) is 4. The summed E-state index contributed by atoms with van der Waals surface area (Å²) in [5, 5.41) is 12.8. The molecule has 1 N–H and O–H groups in total. The Labute approximate surface area is 161 Å². The van der Waals surface area contributed by atoms with Crippen molar-refractivity contribution in [3.63, 3.8) is 0 Å². The van der Waals surface area contributed by atoms with Gasteiger partial charge in [-0.25, -0.2) is 0 Å². The minimum atomic E-state index is -0.669. The number of rotatable bonds is 3. The van der Waals surface area contributed by atoms with Crippen LogP contribution in [0.5, 0.6) is 0 Å². The number of para-hydroxylation sites is 1. The number of aryl methyl sites for hydroxylation is 1. The summed E-state index contributed by atoms with van der Waals surface area (Å²) in [6.45, 7) is 1.90. The van der Waals surface area contributed by atoms with Crippen LogP contribution in [-0.2, 0) is 9.59 Å². The van der Waals surface area contributed by atoms with Gasteiger partial charge in [0.25, 0.3) is 11.7 Å². The molecule has 1 aliphatic rings. The molecule has 2 aromatic carbocycles. The van der Waals surface area contributed by atoms with Crippen molar-refractivity contribution in [2.24, 2.45) is 0 Å². The summed E-state index contributed by atoms with van der Waals surface area (Å²) < 4.78 is 0. The smallest absolute Gasteiger partial charge is 0.300 e. The van der Waals surface area contributed by atoms with Crippen LogP contribution >= 0.6 is 11.3 Å². The second kappa shape index (κ2) is 6.85. The maximum absolute atomic E-state index is 12.9. The van der Waals surface area contributed by atoms with E-state index in [1.54, 1.807) is 24.3 Å². The molecule has 27 heavy (non-hydrogen) atoms. The van der Waals surface area contributed by atoms with Gasteiger partial charge in [0.1, 0.15) is 11.8 Å². The molecule has 0 saturated carbocycles. The Balaban J connectivity index is 1.96. The average molecular weight is 375 g/mol. The van der Waals surface area contributed by atoms with Crippen LogP contribution < -0.4 is 4.90 Å². The number of carbonyl (C=O) groups excluding carboxylic acids is 2. The van der Waals surface area contributed by atoms with Crippen LogP contribution in [0.2, 0.25) is 0 Å². The highest BCUT2D eigenvalue weighted by atomic mass is 32.1. The van der Waals surface area contributed by atoms with Crippen LogP contribution in [0.1, 0.15) is 22.0 Å². The van der Waals surface area contributed by atoms with Gasteiger partial charge in [-0.15, -0.1) is 11.3 Å². The summed E-state index contributed by atoms with van der Waals surface area (Å²) in [7, 11) is 0. The first-order valence-corrected chi connectivity index (χ1v) is 9.43. The highest BCUT2D eigenvalue weighted by Gasteiger charge is 2.47. The zero-order valence-corrected chi connectivity index (χ0v) is 15.4. The summed E-state index contributed by atoms with van der Waals surface area (Å²) in [5.41, 5.74) is 2.20. The first-order chi connectivity index (χ1) is 13.1. The van der Waals surface area contributed by atoms with E-state index < -0.39 is 17.7 Å². The normalized spacial score (nSPS) is 18.9. The number of aliphatic hydroxyl groups excluding tert-OH is 1. The Morgan fingerprint density at radius 1 is 0.963 bits per heavy atom. The highest BCUT2D eigenvalue weighted by Crippen LogP contribution is 2.44. The van der Waals surface area contributed by atoms with Crippen molar-refractivity contribution in [2.45, 2.75) is 13.0 Å². The van der Waals surface area contributed by atoms with Crippen molar-refractivity contribution < 1.29 is 14.7 Å². The van der Waals surface area contributed by atoms with Gasteiger partial charge in [-0.3, -0.25) is 14.5 Å². The molecule has 1 unspecified atom stereocenters. The van der Waals surface area contributed by atoms with Crippen molar-refractivity contribution in [1.29, 1.82) is 0 Å². The minimum Gasteiger partial charge on any atom is -0.507 e. The van der Waals surface area contributed by atoms with Gasteiger partial charge in [0.15, 0.2) is 0 Å².